The molecule has 2 atom stereocenters. The van der Waals surface area contributed by atoms with Gasteiger partial charge in [-0.15, -0.1) is 0 Å². The van der Waals surface area contributed by atoms with Crippen LogP contribution in [0.2, 0.25) is 12.1 Å². The molecule has 4 heteroatoms. The average Bonchev–Trinajstić information content (AvgIpc) is 2.50. The van der Waals surface area contributed by atoms with E-state index >= 15 is 0 Å². The fourth-order valence-corrected chi connectivity index (χ4v) is 7.69. The van der Waals surface area contributed by atoms with Crippen molar-refractivity contribution in [3.05, 3.63) is 0 Å². The molecule has 0 saturated heterocycles. The van der Waals surface area contributed by atoms with Crippen molar-refractivity contribution in [3.63, 3.8) is 0 Å². The predicted molar refractivity (Wildman–Crippen MR) is 142 cm³/mol. The number of hydrogen-bond donors (Lipinski definition) is 0. The van der Waals surface area contributed by atoms with Gasteiger partial charge in [-0.2, -0.15) is 0 Å². The van der Waals surface area contributed by atoms with Gasteiger partial charge in [-0.25, -0.2) is 0 Å². The largest absolute Gasteiger partial charge is 0.421 e. The Morgan fingerprint density at radius 1 is 0.533 bits per heavy atom. The van der Waals surface area contributed by atoms with Crippen LogP contribution in [0, 0.1) is 21.7 Å². The molecule has 0 bridgehead atoms. The van der Waals surface area contributed by atoms with Crippen molar-refractivity contribution in [1.82, 2.24) is 0 Å². The molecule has 0 aromatic rings. The van der Waals surface area contributed by atoms with Crippen molar-refractivity contribution in [2.45, 2.75) is 146 Å². The zero-order valence-electron chi connectivity index (χ0n) is 23.0. The van der Waals surface area contributed by atoms with E-state index in [1.807, 2.05) is 0 Å². The second-order valence-electron chi connectivity index (χ2n) is 14.1. The van der Waals surface area contributed by atoms with Gasteiger partial charge in [0.05, 0.1) is 0 Å². The number of hydrogen-bond acceptors (Lipinski definition) is 2. The minimum atomic E-state index is -0.437. The highest BCUT2D eigenvalue weighted by molar-refractivity contribution is 6.34. The third-order valence-electron chi connectivity index (χ3n) is 5.89. The molecule has 2 unspecified atom stereocenters. The molecule has 2 nitrogen and oxygen atoms in total. The second kappa shape index (κ2) is 13.2. The first-order valence-corrected chi connectivity index (χ1v) is 15.8. The van der Waals surface area contributed by atoms with Crippen molar-refractivity contribution >= 4 is 19.5 Å². The van der Waals surface area contributed by atoms with Gasteiger partial charge >= 0.3 is 0 Å². The third kappa shape index (κ3) is 17.0. The molecule has 0 fully saturated rings. The molecule has 0 radical (unpaired) electrons. The van der Waals surface area contributed by atoms with Gasteiger partial charge in [-0.3, -0.25) is 0 Å². The molecule has 30 heavy (non-hydrogen) atoms. The van der Waals surface area contributed by atoms with E-state index in [2.05, 4.69) is 83.1 Å². The first-order valence-electron chi connectivity index (χ1n) is 12.6. The van der Waals surface area contributed by atoms with Gasteiger partial charge in [0.1, 0.15) is 0 Å². The maximum absolute atomic E-state index is 6.50. The fourth-order valence-electron chi connectivity index (χ4n) is 3.82. The van der Waals surface area contributed by atoms with E-state index < -0.39 is 19.5 Å². The van der Waals surface area contributed by atoms with Gasteiger partial charge in [-0.1, -0.05) is 95.9 Å². The van der Waals surface area contributed by atoms with Crippen LogP contribution in [0.3, 0.4) is 0 Å². The summed E-state index contributed by atoms with van der Waals surface area (Å²) in [7, 11) is -0.874. The zero-order chi connectivity index (χ0) is 23.6. The molecule has 0 aromatic heterocycles. The second-order valence-corrected chi connectivity index (χ2v) is 17.0. The Hall–Kier alpha value is 0.354. The van der Waals surface area contributed by atoms with E-state index in [-0.39, 0.29) is 10.8 Å². The van der Waals surface area contributed by atoms with Crippen molar-refractivity contribution < 1.29 is 8.85 Å². The normalized spacial score (nSPS) is 16.8. The van der Waals surface area contributed by atoms with Crippen LogP contribution in [0.15, 0.2) is 0 Å². The van der Waals surface area contributed by atoms with Gasteiger partial charge in [-0.05, 0) is 59.4 Å². The molecule has 0 amide bonds. The molecule has 182 valence electrons. The van der Waals surface area contributed by atoms with E-state index in [1.54, 1.807) is 0 Å². The average molecular weight is 459 g/mol. The maximum atomic E-state index is 6.50. The molecular weight excluding hydrogens is 400 g/mol. The lowest BCUT2D eigenvalue weighted by Gasteiger charge is -2.33. The lowest BCUT2D eigenvalue weighted by Crippen LogP contribution is -2.32. The summed E-state index contributed by atoms with van der Waals surface area (Å²) in [5.41, 5.74) is 1.37. The molecule has 0 aromatic carbocycles. The van der Waals surface area contributed by atoms with E-state index in [1.165, 1.54) is 50.6 Å². The van der Waals surface area contributed by atoms with Crippen LogP contribution >= 0.6 is 0 Å². The molecule has 0 rings (SSSR count). The highest BCUT2D eigenvalue weighted by Gasteiger charge is 2.26. The Balaban J connectivity index is 4.26. The molecule has 0 saturated carbocycles. The fraction of sp³-hybridized carbons (Fsp3) is 1.00. The SMILES string of the molecule is CC(C)(C)CCCC(O[SiH2]CC[SiH2]OC(CCCC(C)(C)C)C(C)(C)C)C(C)(C)C. The first kappa shape index (κ1) is 30.4. The summed E-state index contributed by atoms with van der Waals surface area (Å²) < 4.78 is 13.0. The lowest BCUT2D eigenvalue weighted by atomic mass is 9.83. The topological polar surface area (TPSA) is 18.5 Å². The Bertz CT molecular complexity index is 394. The predicted octanol–water partition coefficient (Wildman–Crippen LogP) is 7.29. The van der Waals surface area contributed by atoms with Crippen LogP contribution in [-0.2, 0) is 8.85 Å². The highest BCUT2D eigenvalue weighted by Crippen LogP contribution is 2.31. The summed E-state index contributed by atoms with van der Waals surface area (Å²) in [5, 5.41) is 0. The van der Waals surface area contributed by atoms with Gasteiger partial charge in [0.2, 0.25) is 0 Å². The number of rotatable bonds is 13. The first-order chi connectivity index (χ1) is 13.4. The van der Waals surface area contributed by atoms with E-state index in [0.29, 0.717) is 23.0 Å². The van der Waals surface area contributed by atoms with Crippen LogP contribution in [0.1, 0.15) is 122 Å². The maximum Gasteiger partial charge on any atom is 0.161 e. The highest BCUT2D eigenvalue weighted by atomic mass is 28.2. The lowest BCUT2D eigenvalue weighted by molar-refractivity contribution is 0.0756. The minimum Gasteiger partial charge on any atom is -0.421 e. The van der Waals surface area contributed by atoms with Crippen LogP contribution in [0.4, 0.5) is 0 Å². The molecule has 0 aliphatic rings. The summed E-state index contributed by atoms with van der Waals surface area (Å²) >= 11 is 0. The summed E-state index contributed by atoms with van der Waals surface area (Å²) in [6, 6.07) is 2.58. The van der Waals surface area contributed by atoms with Crippen molar-refractivity contribution in [2.75, 3.05) is 0 Å². The molecule has 0 spiro atoms. The minimum absolute atomic E-state index is 0.253. The summed E-state index contributed by atoms with van der Waals surface area (Å²) in [6.45, 7) is 28.1. The van der Waals surface area contributed by atoms with Crippen LogP contribution in [0.5, 0.6) is 0 Å². The Labute approximate surface area is 195 Å². The van der Waals surface area contributed by atoms with Gasteiger partial charge in [0, 0.05) is 12.2 Å². The molecule has 0 N–H and O–H groups in total. The van der Waals surface area contributed by atoms with Gasteiger partial charge in [0.25, 0.3) is 0 Å². The smallest absolute Gasteiger partial charge is 0.161 e. The van der Waals surface area contributed by atoms with E-state index in [4.69, 9.17) is 8.85 Å². The van der Waals surface area contributed by atoms with E-state index in [0.717, 1.165) is 0 Å². The van der Waals surface area contributed by atoms with Crippen LogP contribution in [-0.4, -0.2) is 31.7 Å². The molecule has 0 heterocycles. The Kier molecular flexibility index (Phi) is 13.3. The Morgan fingerprint density at radius 2 is 0.833 bits per heavy atom. The van der Waals surface area contributed by atoms with Gasteiger partial charge in [0.15, 0.2) is 19.5 Å². The van der Waals surface area contributed by atoms with Crippen molar-refractivity contribution in [3.8, 4) is 0 Å². The molecule has 0 aliphatic carbocycles. The monoisotopic (exact) mass is 458 g/mol. The van der Waals surface area contributed by atoms with E-state index in [9.17, 15) is 0 Å². The summed E-state index contributed by atoms with van der Waals surface area (Å²) in [4.78, 5) is 0. The quantitative estimate of drug-likeness (QED) is 0.213. The van der Waals surface area contributed by atoms with Crippen molar-refractivity contribution in [1.29, 1.82) is 0 Å². The molecular formula is C26H58O2Si2. The third-order valence-corrected chi connectivity index (χ3v) is 9.75. The van der Waals surface area contributed by atoms with Crippen LogP contribution in [0.25, 0.3) is 0 Å². The summed E-state index contributed by atoms with van der Waals surface area (Å²) in [5.74, 6) is 0. The van der Waals surface area contributed by atoms with Crippen molar-refractivity contribution in [2.24, 2.45) is 21.7 Å². The molecule has 0 aliphatic heterocycles. The summed E-state index contributed by atoms with van der Waals surface area (Å²) in [6.07, 6.45) is 8.40. The zero-order valence-corrected chi connectivity index (χ0v) is 25.9. The Morgan fingerprint density at radius 3 is 1.07 bits per heavy atom. The standard InChI is InChI=1S/C26H58O2Si2/c1-23(2,3)17-13-15-21(25(7,8)9)27-29-19-20-30-28-22(26(10,11)12)16-14-18-24(4,5)6/h21-22H,13-20,29-30H2,1-12H3. The van der Waals surface area contributed by atoms with Gasteiger partial charge < -0.3 is 8.85 Å². The van der Waals surface area contributed by atoms with Crippen LogP contribution < -0.4 is 0 Å².